The fourth-order valence-corrected chi connectivity index (χ4v) is 1.40. The van der Waals surface area contributed by atoms with Crippen LogP contribution < -0.4 is 9.88 Å². The largest absolute Gasteiger partial charge is 0.508 e. The van der Waals surface area contributed by atoms with Crippen molar-refractivity contribution >= 4 is 10.0 Å². The van der Waals surface area contributed by atoms with E-state index in [1.807, 2.05) is 0 Å². The summed E-state index contributed by atoms with van der Waals surface area (Å²) in [5, 5.41) is 13.9. The van der Waals surface area contributed by atoms with Crippen LogP contribution in [-0.4, -0.2) is 20.6 Å². The third kappa shape index (κ3) is 2.33. The molecule has 0 saturated carbocycles. The van der Waals surface area contributed by atoms with Gasteiger partial charge in [-0.2, -0.15) is 0 Å². The summed E-state index contributed by atoms with van der Waals surface area (Å²) >= 11 is 0. The van der Waals surface area contributed by atoms with Crippen LogP contribution in [0.3, 0.4) is 0 Å². The highest BCUT2D eigenvalue weighted by atomic mass is 32.2. The van der Waals surface area contributed by atoms with Crippen molar-refractivity contribution in [1.29, 1.82) is 0 Å². The zero-order chi connectivity index (χ0) is 10.1. The second-order valence-corrected chi connectivity index (χ2v) is 3.97. The second-order valence-electron chi connectivity index (χ2n) is 2.41. The Morgan fingerprint density at radius 3 is 2.46 bits per heavy atom. The average Bonchev–Trinajstić information content (AvgIpc) is 2.01. The minimum absolute atomic E-state index is 0.177. The minimum atomic E-state index is -3.80. The Morgan fingerprint density at radius 2 is 2.00 bits per heavy atom. The molecule has 1 aromatic rings. The molecule has 0 aliphatic heterocycles. The summed E-state index contributed by atoms with van der Waals surface area (Å²) in [6, 6.07) is 3.57. The number of hydrogen-bond acceptors (Lipinski definition) is 4. The van der Waals surface area contributed by atoms with Crippen LogP contribution in [0.15, 0.2) is 23.1 Å². The molecule has 0 aromatic heterocycles. The van der Waals surface area contributed by atoms with Crippen molar-refractivity contribution in [2.75, 3.05) is 7.11 Å². The van der Waals surface area contributed by atoms with Crippen molar-refractivity contribution in [2.45, 2.75) is 4.90 Å². The molecular weight excluding hydrogens is 194 g/mol. The molecule has 0 radical (unpaired) electrons. The third-order valence-electron chi connectivity index (χ3n) is 1.43. The Labute approximate surface area is 75.8 Å². The van der Waals surface area contributed by atoms with E-state index in [4.69, 9.17) is 15.0 Å². The van der Waals surface area contributed by atoms with E-state index in [9.17, 15) is 8.42 Å². The average molecular weight is 203 g/mol. The number of hydrogen-bond donors (Lipinski definition) is 2. The van der Waals surface area contributed by atoms with Crippen LogP contribution in [0.4, 0.5) is 0 Å². The molecule has 0 amide bonds. The van der Waals surface area contributed by atoms with Gasteiger partial charge in [-0.15, -0.1) is 0 Å². The van der Waals surface area contributed by atoms with Gasteiger partial charge in [0, 0.05) is 18.2 Å². The zero-order valence-corrected chi connectivity index (χ0v) is 7.71. The summed E-state index contributed by atoms with van der Waals surface area (Å²) in [5.41, 5.74) is 0. The van der Waals surface area contributed by atoms with Crippen molar-refractivity contribution in [1.82, 2.24) is 0 Å². The number of phenols is 1. The molecule has 5 nitrogen and oxygen atoms in total. The number of methoxy groups -OCH3 is 1. The second kappa shape index (κ2) is 3.23. The first-order valence-corrected chi connectivity index (χ1v) is 4.89. The molecule has 0 saturated heterocycles. The molecule has 0 bridgehead atoms. The fraction of sp³-hybridized carbons (Fsp3) is 0.143. The van der Waals surface area contributed by atoms with E-state index in [1.165, 1.54) is 19.2 Å². The molecule has 72 valence electrons. The Balaban J connectivity index is 3.33. The first kappa shape index (κ1) is 9.82. The summed E-state index contributed by atoms with van der Waals surface area (Å²) in [5.74, 6) is 0.0346. The smallest absolute Gasteiger partial charge is 0.238 e. The van der Waals surface area contributed by atoms with Crippen LogP contribution >= 0.6 is 0 Å². The third-order valence-corrected chi connectivity index (χ3v) is 2.32. The van der Waals surface area contributed by atoms with Crippen molar-refractivity contribution in [2.24, 2.45) is 5.14 Å². The highest BCUT2D eigenvalue weighted by molar-refractivity contribution is 7.89. The highest BCUT2D eigenvalue weighted by Gasteiger charge is 2.10. The van der Waals surface area contributed by atoms with Crippen molar-refractivity contribution in [3.05, 3.63) is 18.2 Å². The highest BCUT2D eigenvalue weighted by Crippen LogP contribution is 2.23. The molecule has 0 atom stereocenters. The van der Waals surface area contributed by atoms with E-state index in [2.05, 4.69) is 0 Å². The summed E-state index contributed by atoms with van der Waals surface area (Å²) in [6.45, 7) is 0. The predicted octanol–water partition coefficient (Wildman–Crippen LogP) is 0.0482. The normalized spacial score (nSPS) is 11.2. The van der Waals surface area contributed by atoms with Gasteiger partial charge in [-0.05, 0) is 0 Å². The lowest BCUT2D eigenvalue weighted by Crippen LogP contribution is -2.12. The molecule has 13 heavy (non-hydrogen) atoms. The number of nitrogens with two attached hydrogens (primary N) is 1. The van der Waals surface area contributed by atoms with Gasteiger partial charge in [0.1, 0.15) is 11.5 Å². The van der Waals surface area contributed by atoms with E-state index >= 15 is 0 Å². The summed E-state index contributed by atoms with van der Waals surface area (Å²) in [4.78, 5) is -0.177. The molecule has 6 heteroatoms. The van der Waals surface area contributed by atoms with E-state index in [1.54, 1.807) is 0 Å². The number of phenolic OH excluding ortho intramolecular Hbond substituents is 1. The van der Waals surface area contributed by atoms with Gasteiger partial charge >= 0.3 is 0 Å². The van der Waals surface area contributed by atoms with Gasteiger partial charge in [0.25, 0.3) is 0 Å². The standard InChI is InChI=1S/C7H9NO4S/c1-12-6-2-5(9)3-7(4-6)13(8,10)11/h2-4,9H,1H3,(H2,8,10,11). The van der Waals surface area contributed by atoms with Crippen LogP contribution in [0.1, 0.15) is 0 Å². The van der Waals surface area contributed by atoms with Gasteiger partial charge in [-0.1, -0.05) is 0 Å². The van der Waals surface area contributed by atoms with Crippen LogP contribution in [-0.2, 0) is 10.0 Å². The van der Waals surface area contributed by atoms with Crippen molar-refractivity contribution in [3.8, 4) is 11.5 Å². The Kier molecular flexibility index (Phi) is 2.44. The lowest BCUT2D eigenvalue weighted by atomic mass is 10.3. The number of primary sulfonamides is 1. The predicted molar refractivity (Wildman–Crippen MR) is 46.0 cm³/mol. The SMILES string of the molecule is COc1cc(O)cc(S(N)(=O)=O)c1. The molecule has 0 spiro atoms. The van der Waals surface area contributed by atoms with Gasteiger partial charge in [0.05, 0.1) is 12.0 Å². The number of ether oxygens (including phenoxy) is 1. The van der Waals surface area contributed by atoms with Crippen LogP contribution in [0, 0.1) is 0 Å². The lowest BCUT2D eigenvalue weighted by molar-refractivity contribution is 0.405. The van der Waals surface area contributed by atoms with Gasteiger partial charge < -0.3 is 9.84 Å². The lowest BCUT2D eigenvalue weighted by Gasteiger charge is -2.03. The van der Waals surface area contributed by atoms with Gasteiger partial charge in [-0.25, -0.2) is 13.6 Å². The maximum absolute atomic E-state index is 10.9. The Hall–Kier alpha value is -1.27. The Morgan fingerprint density at radius 1 is 1.38 bits per heavy atom. The van der Waals surface area contributed by atoms with E-state index in [0.717, 1.165) is 6.07 Å². The molecule has 1 rings (SSSR count). The maximum atomic E-state index is 10.9. The molecule has 0 unspecified atom stereocenters. The molecule has 0 aliphatic rings. The quantitative estimate of drug-likeness (QED) is 0.710. The number of aromatic hydroxyl groups is 1. The van der Waals surface area contributed by atoms with Gasteiger partial charge in [0.15, 0.2) is 0 Å². The minimum Gasteiger partial charge on any atom is -0.508 e. The first-order chi connectivity index (χ1) is 5.93. The van der Waals surface area contributed by atoms with Crippen LogP contribution in [0.25, 0.3) is 0 Å². The van der Waals surface area contributed by atoms with E-state index in [-0.39, 0.29) is 16.4 Å². The van der Waals surface area contributed by atoms with E-state index < -0.39 is 10.0 Å². The van der Waals surface area contributed by atoms with Crippen LogP contribution in [0.5, 0.6) is 11.5 Å². The van der Waals surface area contributed by atoms with E-state index in [0.29, 0.717) is 0 Å². The van der Waals surface area contributed by atoms with Crippen molar-refractivity contribution < 1.29 is 18.3 Å². The summed E-state index contributed by atoms with van der Waals surface area (Å²) in [6.07, 6.45) is 0. The monoisotopic (exact) mass is 203 g/mol. The van der Waals surface area contributed by atoms with Crippen molar-refractivity contribution in [3.63, 3.8) is 0 Å². The molecule has 0 aliphatic carbocycles. The summed E-state index contributed by atoms with van der Waals surface area (Å²) in [7, 11) is -2.44. The number of sulfonamides is 1. The molecule has 1 aromatic carbocycles. The molecule has 0 fully saturated rings. The fourth-order valence-electron chi connectivity index (χ4n) is 0.839. The van der Waals surface area contributed by atoms with Crippen LogP contribution in [0.2, 0.25) is 0 Å². The molecule has 0 heterocycles. The molecular formula is C7H9NO4S. The van der Waals surface area contributed by atoms with Gasteiger partial charge in [0.2, 0.25) is 10.0 Å². The summed E-state index contributed by atoms with van der Waals surface area (Å²) < 4.78 is 26.5. The zero-order valence-electron chi connectivity index (χ0n) is 6.89. The van der Waals surface area contributed by atoms with Gasteiger partial charge in [-0.3, -0.25) is 0 Å². The topological polar surface area (TPSA) is 89.6 Å². The Bertz CT molecular complexity index is 413. The number of benzene rings is 1. The first-order valence-electron chi connectivity index (χ1n) is 3.34. The maximum Gasteiger partial charge on any atom is 0.238 e. The molecule has 3 N–H and O–H groups in total. The number of rotatable bonds is 2.